The van der Waals surface area contributed by atoms with Gasteiger partial charge < -0.3 is 10.2 Å². The molecule has 0 radical (unpaired) electrons. The van der Waals surface area contributed by atoms with E-state index < -0.39 is 17.8 Å². The van der Waals surface area contributed by atoms with E-state index in [2.05, 4.69) is 20.3 Å². The zero-order valence-corrected chi connectivity index (χ0v) is 15.3. The monoisotopic (exact) mass is 379 g/mol. The van der Waals surface area contributed by atoms with Crippen LogP contribution < -0.4 is 10.2 Å². The van der Waals surface area contributed by atoms with Gasteiger partial charge in [0, 0.05) is 37.5 Å². The van der Waals surface area contributed by atoms with Gasteiger partial charge in [0.15, 0.2) is 11.5 Å². The third-order valence-electron chi connectivity index (χ3n) is 4.49. The van der Waals surface area contributed by atoms with Gasteiger partial charge in [-0.15, -0.1) is 0 Å². The largest absolute Gasteiger partial charge is 0.433 e. The molecule has 0 bridgehead atoms. The van der Waals surface area contributed by atoms with Gasteiger partial charge in [-0.05, 0) is 38.3 Å². The Labute approximate surface area is 154 Å². The van der Waals surface area contributed by atoms with E-state index in [9.17, 15) is 18.0 Å². The third kappa shape index (κ3) is 4.01. The average Bonchev–Trinajstić information content (AvgIpc) is 2.60. The first-order valence-electron chi connectivity index (χ1n) is 8.53. The number of anilines is 2. The molecule has 0 aliphatic heterocycles. The highest BCUT2D eigenvalue weighted by Gasteiger charge is 2.40. The van der Waals surface area contributed by atoms with E-state index in [1.54, 1.807) is 37.3 Å². The van der Waals surface area contributed by atoms with Crippen molar-refractivity contribution < 1.29 is 18.0 Å². The molecule has 3 rings (SSSR count). The van der Waals surface area contributed by atoms with Gasteiger partial charge >= 0.3 is 6.18 Å². The summed E-state index contributed by atoms with van der Waals surface area (Å²) in [6.45, 7) is 1.44. The standard InChI is InChI=1S/C18H20F3N5O/c1-10-23-13-7-6-11(9-12(13)15(24-10)18(19,20)21)17(27)25-14-5-4-8-22-16(14)26(2)3/h4-5,8,11H,6-7,9H2,1-3H3,(H,25,27)/t11-/m0/s1. The van der Waals surface area contributed by atoms with Gasteiger partial charge in [-0.2, -0.15) is 13.2 Å². The Morgan fingerprint density at radius 3 is 2.70 bits per heavy atom. The Balaban J connectivity index is 1.85. The van der Waals surface area contributed by atoms with Crippen LogP contribution in [-0.4, -0.2) is 35.0 Å². The van der Waals surface area contributed by atoms with Crippen molar-refractivity contribution >= 4 is 17.4 Å². The van der Waals surface area contributed by atoms with E-state index in [0.717, 1.165) is 0 Å². The van der Waals surface area contributed by atoms with Gasteiger partial charge in [-0.3, -0.25) is 4.79 Å². The molecule has 0 spiro atoms. The Bertz CT molecular complexity index is 867. The number of aryl methyl sites for hydroxylation is 2. The van der Waals surface area contributed by atoms with Crippen LogP contribution in [0.25, 0.3) is 0 Å². The van der Waals surface area contributed by atoms with Crippen LogP contribution in [0.4, 0.5) is 24.7 Å². The second-order valence-electron chi connectivity index (χ2n) is 6.74. The molecule has 9 heteroatoms. The number of halogens is 3. The van der Waals surface area contributed by atoms with Crippen LogP contribution in [0.15, 0.2) is 18.3 Å². The summed E-state index contributed by atoms with van der Waals surface area (Å²) < 4.78 is 40.1. The summed E-state index contributed by atoms with van der Waals surface area (Å²) >= 11 is 0. The number of fused-ring (bicyclic) bond motifs is 1. The lowest BCUT2D eigenvalue weighted by molar-refractivity contribution is -0.142. The number of alkyl halides is 3. The van der Waals surface area contributed by atoms with Crippen LogP contribution >= 0.6 is 0 Å². The molecule has 1 atom stereocenters. The first kappa shape index (κ1) is 19.1. The quantitative estimate of drug-likeness (QED) is 0.888. The van der Waals surface area contributed by atoms with Gasteiger partial charge in [-0.1, -0.05) is 0 Å². The molecule has 6 nitrogen and oxygen atoms in total. The average molecular weight is 379 g/mol. The van der Waals surface area contributed by atoms with Gasteiger partial charge in [0.25, 0.3) is 0 Å². The molecular formula is C18H20F3N5O. The fraction of sp³-hybridized carbons (Fsp3) is 0.444. The number of nitrogens with zero attached hydrogens (tertiary/aromatic N) is 4. The zero-order valence-electron chi connectivity index (χ0n) is 15.3. The lowest BCUT2D eigenvalue weighted by atomic mass is 9.85. The summed E-state index contributed by atoms with van der Waals surface area (Å²) in [4.78, 5) is 26.4. The summed E-state index contributed by atoms with van der Waals surface area (Å²) in [6.07, 6.45) is -2.25. The molecule has 0 fully saturated rings. The predicted octanol–water partition coefficient (Wildman–Crippen LogP) is 3.01. The number of aromatic nitrogens is 3. The van der Waals surface area contributed by atoms with Crippen molar-refractivity contribution in [2.45, 2.75) is 32.4 Å². The fourth-order valence-corrected chi connectivity index (χ4v) is 3.28. The van der Waals surface area contributed by atoms with Crippen molar-refractivity contribution in [3.63, 3.8) is 0 Å². The normalized spacial score (nSPS) is 16.6. The summed E-state index contributed by atoms with van der Waals surface area (Å²) in [7, 11) is 3.59. The highest BCUT2D eigenvalue weighted by molar-refractivity contribution is 5.95. The third-order valence-corrected chi connectivity index (χ3v) is 4.49. The van der Waals surface area contributed by atoms with Crippen molar-refractivity contribution in [3.05, 3.63) is 41.1 Å². The lowest BCUT2D eigenvalue weighted by Crippen LogP contribution is -2.31. The number of carbonyl (C=O) groups excluding carboxylic acids is 1. The molecule has 0 saturated heterocycles. The van der Waals surface area contributed by atoms with Gasteiger partial charge in [0.1, 0.15) is 5.82 Å². The molecule has 1 aliphatic carbocycles. The van der Waals surface area contributed by atoms with Crippen LogP contribution in [0.2, 0.25) is 0 Å². The van der Waals surface area contributed by atoms with Crippen LogP contribution in [-0.2, 0) is 23.8 Å². The van der Waals surface area contributed by atoms with E-state index in [1.807, 2.05) is 0 Å². The Morgan fingerprint density at radius 2 is 2.04 bits per heavy atom. The summed E-state index contributed by atoms with van der Waals surface area (Å²) in [5.41, 5.74) is 0.000101. The SMILES string of the molecule is Cc1nc2c(c(C(F)(F)F)n1)C[C@@H](C(=O)Nc1cccnc1N(C)C)CC2. The molecular weight excluding hydrogens is 359 g/mol. The van der Waals surface area contributed by atoms with E-state index >= 15 is 0 Å². The maximum absolute atomic E-state index is 13.4. The first-order valence-corrected chi connectivity index (χ1v) is 8.53. The van der Waals surface area contributed by atoms with Crippen LogP contribution in [0.3, 0.4) is 0 Å². The van der Waals surface area contributed by atoms with Crippen molar-refractivity contribution in [2.75, 3.05) is 24.3 Å². The molecule has 0 aromatic carbocycles. The minimum atomic E-state index is -4.57. The number of amides is 1. The van der Waals surface area contributed by atoms with Crippen molar-refractivity contribution in [1.29, 1.82) is 0 Å². The maximum Gasteiger partial charge on any atom is 0.433 e. The lowest BCUT2D eigenvalue weighted by Gasteiger charge is -2.26. The molecule has 144 valence electrons. The second kappa shape index (κ2) is 7.13. The van der Waals surface area contributed by atoms with E-state index in [0.29, 0.717) is 30.0 Å². The smallest absolute Gasteiger partial charge is 0.361 e. The summed E-state index contributed by atoms with van der Waals surface area (Å²) in [5.74, 6) is -0.238. The molecule has 1 aliphatic rings. The number of carbonyl (C=O) groups is 1. The number of pyridine rings is 1. The molecule has 0 unspecified atom stereocenters. The van der Waals surface area contributed by atoms with E-state index in [4.69, 9.17) is 0 Å². The maximum atomic E-state index is 13.4. The Hall–Kier alpha value is -2.71. The zero-order chi connectivity index (χ0) is 19.8. The van der Waals surface area contributed by atoms with Crippen molar-refractivity contribution in [2.24, 2.45) is 5.92 Å². The predicted molar refractivity (Wildman–Crippen MR) is 94.5 cm³/mol. The first-order chi connectivity index (χ1) is 12.7. The van der Waals surface area contributed by atoms with E-state index in [-0.39, 0.29) is 23.7 Å². The van der Waals surface area contributed by atoms with Gasteiger partial charge in [0.05, 0.1) is 5.69 Å². The second-order valence-corrected chi connectivity index (χ2v) is 6.74. The summed E-state index contributed by atoms with van der Waals surface area (Å²) in [5, 5.41) is 2.80. The molecule has 2 aromatic heterocycles. The molecule has 1 N–H and O–H groups in total. The van der Waals surface area contributed by atoms with Crippen LogP contribution in [0.1, 0.15) is 29.2 Å². The fourth-order valence-electron chi connectivity index (χ4n) is 3.28. The Kier molecular flexibility index (Phi) is 5.03. The molecule has 27 heavy (non-hydrogen) atoms. The number of rotatable bonds is 3. The molecule has 2 heterocycles. The van der Waals surface area contributed by atoms with Crippen molar-refractivity contribution in [3.8, 4) is 0 Å². The highest BCUT2D eigenvalue weighted by Crippen LogP contribution is 2.36. The minimum absolute atomic E-state index is 0.0264. The highest BCUT2D eigenvalue weighted by atomic mass is 19.4. The molecule has 1 amide bonds. The minimum Gasteiger partial charge on any atom is -0.361 e. The molecule has 2 aromatic rings. The van der Waals surface area contributed by atoms with E-state index in [1.165, 1.54) is 6.92 Å². The topological polar surface area (TPSA) is 71.0 Å². The number of hydrogen-bond acceptors (Lipinski definition) is 5. The van der Waals surface area contributed by atoms with Gasteiger partial charge in [0.2, 0.25) is 5.91 Å². The number of nitrogens with one attached hydrogen (secondary N) is 1. The van der Waals surface area contributed by atoms with Crippen LogP contribution in [0, 0.1) is 12.8 Å². The van der Waals surface area contributed by atoms with Crippen molar-refractivity contribution in [1.82, 2.24) is 15.0 Å². The number of hydrogen-bond donors (Lipinski definition) is 1. The Morgan fingerprint density at radius 1 is 1.30 bits per heavy atom. The van der Waals surface area contributed by atoms with Crippen LogP contribution in [0.5, 0.6) is 0 Å². The van der Waals surface area contributed by atoms with Gasteiger partial charge in [-0.25, -0.2) is 15.0 Å². The molecule has 0 saturated carbocycles. The summed E-state index contributed by atoms with van der Waals surface area (Å²) in [6, 6.07) is 3.40.